The largest absolute Gasteiger partial charge is 0.383 e. The van der Waals surface area contributed by atoms with E-state index in [1.54, 1.807) is 7.11 Å². The second kappa shape index (κ2) is 16.8. The van der Waals surface area contributed by atoms with Crippen molar-refractivity contribution in [2.45, 2.75) is 27.7 Å². The van der Waals surface area contributed by atoms with Gasteiger partial charge in [-0.25, -0.2) is 0 Å². The van der Waals surface area contributed by atoms with Crippen molar-refractivity contribution in [3.63, 3.8) is 0 Å². The van der Waals surface area contributed by atoms with Crippen molar-refractivity contribution in [1.82, 2.24) is 15.1 Å². The molecule has 112 valence electrons. The van der Waals surface area contributed by atoms with Crippen molar-refractivity contribution in [2.75, 3.05) is 66.6 Å². The first-order valence-electron chi connectivity index (χ1n) is 7.45. The Morgan fingerprint density at radius 2 is 1.33 bits per heavy atom. The highest BCUT2D eigenvalue weighted by Crippen LogP contribution is 2.00. The molecule has 0 unspecified atom stereocenters. The molecule has 0 aromatic carbocycles. The van der Waals surface area contributed by atoms with Crippen LogP contribution in [0.15, 0.2) is 0 Å². The number of rotatable bonds is 6. The van der Waals surface area contributed by atoms with Gasteiger partial charge in [-0.05, 0) is 7.05 Å². The summed E-state index contributed by atoms with van der Waals surface area (Å²) >= 11 is 0. The second-order valence-electron chi connectivity index (χ2n) is 3.78. The van der Waals surface area contributed by atoms with Crippen molar-refractivity contribution in [2.24, 2.45) is 0 Å². The second-order valence-corrected chi connectivity index (χ2v) is 3.78. The highest BCUT2D eigenvalue weighted by molar-refractivity contribution is 4.71. The first-order chi connectivity index (χ1) is 8.86. The number of hydrogen-bond donors (Lipinski definition) is 1. The molecule has 0 bridgehead atoms. The van der Waals surface area contributed by atoms with E-state index in [0.29, 0.717) is 0 Å². The molecule has 4 nitrogen and oxygen atoms in total. The average Bonchev–Trinajstić information content (AvgIpc) is 2.48. The van der Waals surface area contributed by atoms with Gasteiger partial charge in [0.15, 0.2) is 0 Å². The molecular weight excluding hydrogens is 226 g/mol. The van der Waals surface area contributed by atoms with Gasteiger partial charge in [0, 0.05) is 52.9 Å². The van der Waals surface area contributed by atoms with Crippen LogP contribution >= 0.6 is 0 Å². The van der Waals surface area contributed by atoms with Gasteiger partial charge < -0.3 is 10.1 Å². The van der Waals surface area contributed by atoms with Gasteiger partial charge in [0.25, 0.3) is 0 Å². The summed E-state index contributed by atoms with van der Waals surface area (Å²) in [6, 6.07) is 0. The molecular formula is C14H35N3O. The summed E-state index contributed by atoms with van der Waals surface area (Å²) < 4.78 is 5.07. The van der Waals surface area contributed by atoms with Crippen molar-refractivity contribution in [1.29, 1.82) is 0 Å². The average molecular weight is 261 g/mol. The minimum Gasteiger partial charge on any atom is -0.383 e. The number of nitrogens with zero attached hydrogens (tertiary/aromatic N) is 2. The summed E-state index contributed by atoms with van der Waals surface area (Å²) in [5.41, 5.74) is 0. The molecule has 0 radical (unpaired) electrons. The van der Waals surface area contributed by atoms with Gasteiger partial charge >= 0.3 is 0 Å². The van der Waals surface area contributed by atoms with E-state index in [2.05, 4.69) is 15.1 Å². The van der Waals surface area contributed by atoms with Gasteiger partial charge in [-0.15, -0.1) is 0 Å². The number of ether oxygens (including phenoxy) is 1. The maximum absolute atomic E-state index is 5.07. The van der Waals surface area contributed by atoms with Crippen LogP contribution in [0.5, 0.6) is 0 Å². The van der Waals surface area contributed by atoms with Crippen LogP contribution in [0.2, 0.25) is 0 Å². The van der Waals surface area contributed by atoms with E-state index in [0.717, 1.165) is 19.7 Å². The lowest BCUT2D eigenvalue weighted by Gasteiger charge is -2.34. The lowest BCUT2D eigenvalue weighted by molar-refractivity contribution is 0.0976. The Balaban J connectivity index is 0. The van der Waals surface area contributed by atoms with Crippen LogP contribution < -0.4 is 5.32 Å². The summed E-state index contributed by atoms with van der Waals surface area (Å²) in [5.74, 6) is 0. The van der Waals surface area contributed by atoms with Gasteiger partial charge in [0.2, 0.25) is 0 Å². The minimum absolute atomic E-state index is 0.858. The van der Waals surface area contributed by atoms with Crippen LogP contribution in [0.25, 0.3) is 0 Å². The highest BCUT2D eigenvalue weighted by atomic mass is 16.5. The molecule has 18 heavy (non-hydrogen) atoms. The van der Waals surface area contributed by atoms with Gasteiger partial charge in [-0.3, -0.25) is 9.80 Å². The molecule has 1 heterocycles. The van der Waals surface area contributed by atoms with Gasteiger partial charge in [-0.1, -0.05) is 27.7 Å². The predicted molar refractivity (Wildman–Crippen MR) is 81.4 cm³/mol. The molecule has 1 aliphatic rings. The summed E-state index contributed by atoms with van der Waals surface area (Å²) in [6.07, 6.45) is 0. The number of nitrogens with one attached hydrogen (secondary N) is 1. The fourth-order valence-electron chi connectivity index (χ4n) is 1.73. The van der Waals surface area contributed by atoms with E-state index in [-0.39, 0.29) is 0 Å². The molecule has 0 spiro atoms. The van der Waals surface area contributed by atoms with Gasteiger partial charge in [0.05, 0.1) is 6.61 Å². The summed E-state index contributed by atoms with van der Waals surface area (Å²) in [4.78, 5) is 4.99. The van der Waals surface area contributed by atoms with Crippen molar-refractivity contribution >= 4 is 0 Å². The smallest absolute Gasteiger partial charge is 0.0589 e. The molecule has 1 aliphatic heterocycles. The molecule has 0 aromatic rings. The summed E-state index contributed by atoms with van der Waals surface area (Å²) in [5, 5.41) is 3.19. The topological polar surface area (TPSA) is 27.7 Å². The normalized spacial score (nSPS) is 16.3. The van der Waals surface area contributed by atoms with Crippen molar-refractivity contribution < 1.29 is 4.74 Å². The van der Waals surface area contributed by atoms with Crippen LogP contribution in [0.4, 0.5) is 0 Å². The summed E-state index contributed by atoms with van der Waals surface area (Å²) in [7, 11) is 3.78. The number of methoxy groups -OCH3 is 1. The zero-order valence-electron chi connectivity index (χ0n) is 13.5. The van der Waals surface area contributed by atoms with Crippen molar-refractivity contribution in [3.05, 3.63) is 0 Å². The molecule has 0 atom stereocenters. The third kappa shape index (κ3) is 11.0. The van der Waals surface area contributed by atoms with Crippen LogP contribution in [-0.4, -0.2) is 76.4 Å². The number of piperazine rings is 1. The van der Waals surface area contributed by atoms with E-state index >= 15 is 0 Å². The quantitative estimate of drug-likeness (QED) is 0.785. The standard InChI is InChI=1S/C10H23N3O.2C2H6/c1-11-3-4-12-5-7-13(8-6-12)9-10-14-2;2*1-2/h11H,3-10H2,1-2H3;2*1-2H3. The Morgan fingerprint density at radius 3 is 1.72 bits per heavy atom. The van der Waals surface area contributed by atoms with Crippen LogP contribution in [0.1, 0.15) is 27.7 Å². The minimum atomic E-state index is 0.858. The molecule has 0 aromatic heterocycles. The Kier molecular flexibility index (Phi) is 18.9. The Labute approximate surface area is 115 Å². The van der Waals surface area contributed by atoms with E-state index < -0.39 is 0 Å². The van der Waals surface area contributed by atoms with Crippen LogP contribution in [-0.2, 0) is 4.74 Å². The zero-order chi connectivity index (χ0) is 14.2. The molecule has 0 saturated carbocycles. The van der Waals surface area contributed by atoms with Crippen LogP contribution in [0, 0.1) is 0 Å². The third-order valence-corrected chi connectivity index (χ3v) is 2.75. The van der Waals surface area contributed by atoms with Crippen LogP contribution in [0.3, 0.4) is 0 Å². The Hall–Kier alpha value is -0.160. The fourth-order valence-corrected chi connectivity index (χ4v) is 1.73. The Morgan fingerprint density at radius 1 is 0.889 bits per heavy atom. The van der Waals surface area contributed by atoms with E-state index in [1.807, 2.05) is 34.7 Å². The van der Waals surface area contributed by atoms with Gasteiger partial charge in [-0.2, -0.15) is 0 Å². The van der Waals surface area contributed by atoms with E-state index in [1.165, 1.54) is 32.7 Å². The number of likely N-dealkylation sites (N-methyl/N-ethyl adjacent to an activating group) is 1. The molecule has 1 N–H and O–H groups in total. The number of hydrogen-bond acceptors (Lipinski definition) is 4. The molecule has 4 heteroatoms. The molecule has 0 amide bonds. The van der Waals surface area contributed by atoms with Crippen molar-refractivity contribution in [3.8, 4) is 0 Å². The molecule has 1 rings (SSSR count). The molecule has 1 fully saturated rings. The lowest BCUT2D eigenvalue weighted by atomic mass is 10.3. The maximum atomic E-state index is 5.07. The third-order valence-electron chi connectivity index (χ3n) is 2.75. The van der Waals surface area contributed by atoms with E-state index in [9.17, 15) is 0 Å². The lowest BCUT2D eigenvalue weighted by Crippen LogP contribution is -2.48. The molecule has 0 aliphatic carbocycles. The predicted octanol–water partition coefficient (Wildman–Crippen LogP) is 1.52. The maximum Gasteiger partial charge on any atom is 0.0589 e. The molecule has 1 saturated heterocycles. The van der Waals surface area contributed by atoms with E-state index in [4.69, 9.17) is 4.74 Å². The zero-order valence-corrected chi connectivity index (χ0v) is 13.5. The fraction of sp³-hybridized carbons (Fsp3) is 1.00. The summed E-state index contributed by atoms with van der Waals surface area (Å²) in [6.45, 7) is 17.0. The first kappa shape index (κ1) is 20.2. The first-order valence-corrected chi connectivity index (χ1v) is 7.45. The monoisotopic (exact) mass is 261 g/mol. The highest BCUT2D eigenvalue weighted by Gasteiger charge is 2.15. The van der Waals surface area contributed by atoms with Gasteiger partial charge in [0.1, 0.15) is 0 Å². The Bertz CT molecular complexity index is 121. The SMILES string of the molecule is CC.CC.CNCCN1CCN(CCOC)CC1.